The first-order valence-corrected chi connectivity index (χ1v) is 7.43. The number of likely N-dealkylation sites (tertiary alicyclic amines) is 1. The number of carbonyl (C=O) groups excluding carboxylic acids is 2. The van der Waals surface area contributed by atoms with Gasteiger partial charge in [0.15, 0.2) is 11.5 Å². The quantitative estimate of drug-likeness (QED) is 0.711. The van der Waals surface area contributed by atoms with Crippen LogP contribution in [-0.2, 0) is 4.79 Å². The Labute approximate surface area is 133 Å². The lowest BCUT2D eigenvalue weighted by atomic mass is 9.87. The number of nitrogens with one attached hydrogen (secondary N) is 1. The lowest BCUT2D eigenvalue weighted by molar-refractivity contribution is -0.133. The Bertz CT molecular complexity index is 621. The topological polar surface area (TPSA) is 114 Å². The first-order chi connectivity index (χ1) is 11.0. The Morgan fingerprint density at radius 2 is 2.13 bits per heavy atom. The van der Waals surface area contributed by atoms with Gasteiger partial charge in [-0.05, 0) is 24.1 Å². The molecule has 0 radical (unpaired) electrons. The van der Waals surface area contributed by atoms with Crippen LogP contribution in [0.15, 0.2) is 18.2 Å². The molecule has 3 amide bonds. The van der Waals surface area contributed by atoms with Crippen molar-refractivity contribution in [3.05, 3.63) is 23.8 Å². The van der Waals surface area contributed by atoms with Gasteiger partial charge in [0.1, 0.15) is 0 Å². The minimum absolute atomic E-state index is 0.0716. The summed E-state index contributed by atoms with van der Waals surface area (Å²) in [4.78, 5) is 24.1. The van der Waals surface area contributed by atoms with Crippen molar-refractivity contribution in [3.8, 4) is 11.5 Å². The molecule has 2 heterocycles. The minimum atomic E-state index is -0.742. The van der Waals surface area contributed by atoms with Crippen molar-refractivity contribution >= 4 is 11.9 Å². The number of nitrogens with two attached hydrogens (primary N) is 1. The molecule has 0 unspecified atom stereocenters. The molecule has 0 aromatic heterocycles. The number of hydrogen-bond acceptors (Lipinski definition) is 5. The van der Waals surface area contributed by atoms with Crippen molar-refractivity contribution in [2.75, 3.05) is 26.4 Å². The van der Waals surface area contributed by atoms with Crippen LogP contribution in [0, 0.1) is 0 Å². The fraction of sp³-hybridized carbons (Fsp3) is 0.467. The van der Waals surface area contributed by atoms with Gasteiger partial charge in [-0.25, -0.2) is 4.79 Å². The van der Waals surface area contributed by atoms with Gasteiger partial charge >= 0.3 is 6.03 Å². The summed E-state index contributed by atoms with van der Waals surface area (Å²) in [7, 11) is 0. The fourth-order valence-corrected chi connectivity index (χ4v) is 2.97. The zero-order valence-electron chi connectivity index (χ0n) is 12.5. The van der Waals surface area contributed by atoms with Gasteiger partial charge in [-0.1, -0.05) is 6.07 Å². The molecule has 3 rings (SSSR count). The number of fused-ring (bicyclic) bond motifs is 1. The molecule has 8 nitrogen and oxygen atoms in total. The maximum Gasteiger partial charge on any atom is 0.312 e. The van der Waals surface area contributed by atoms with Crippen molar-refractivity contribution in [2.45, 2.75) is 18.4 Å². The highest BCUT2D eigenvalue weighted by Crippen LogP contribution is 2.37. The smallest absolute Gasteiger partial charge is 0.312 e. The van der Waals surface area contributed by atoms with E-state index in [-0.39, 0.29) is 31.7 Å². The highest BCUT2D eigenvalue weighted by Gasteiger charge is 2.32. The highest BCUT2D eigenvalue weighted by atomic mass is 16.7. The highest BCUT2D eigenvalue weighted by molar-refractivity contribution is 5.83. The lowest BCUT2D eigenvalue weighted by Crippen LogP contribution is -2.49. The Balaban J connectivity index is 1.62. The molecule has 4 N–H and O–H groups in total. The van der Waals surface area contributed by atoms with E-state index in [0.29, 0.717) is 24.5 Å². The van der Waals surface area contributed by atoms with Crippen LogP contribution in [0.3, 0.4) is 0 Å². The number of aliphatic hydroxyl groups excluding tert-OH is 1. The second-order valence-corrected chi connectivity index (χ2v) is 5.63. The fourth-order valence-electron chi connectivity index (χ4n) is 2.97. The minimum Gasteiger partial charge on any atom is -0.454 e. The van der Waals surface area contributed by atoms with Crippen molar-refractivity contribution in [3.63, 3.8) is 0 Å². The number of amides is 3. The van der Waals surface area contributed by atoms with Crippen LogP contribution in [0.2, 0.25) is 0 Å². The van der Waals surface area contributed by atoms with Gasteiger partial charge < -0.3 is 30.5 Å². The molecule has 23 heavy (non-hydrogen) atoms. The van der Waals surface area contributed by atoms with Crippen LogP contribution < -0.4 is 20.5 Å². The van der Waals surface area contributed by atoms with Gasteiger partial charge in [0.05, 0.1) is 12.6 Å². The Hall–Kier alpha value is -2.48. The van der Waals surface area contributed by atoms with E-state index in [9.17, 15) is 14.7 Å². The average Bonchev–Trinajstić information content (AvgIpc) is 2.99. The van der Waals surface area contributed by atoms with E-state index in [1.165, 1.54) is 4.90 Å². The third kappa shape index (κ3) is 3.31. The van der Waals surface area contributed by atoms with Crippen LogP contribution in [0.4, 0.5) is 4.79 Å². The largest absolute Gasteiger partial charge is 0.454 e. The standard InChI is InChI=1S/C15H19N3O5/c16-15(21)17-6-14(20)18-4-3-10(11(19)7-18)9-1-2-12-13(5-9)23-8-22-12/h1-2,5,10-11,19H,3-4,6-8H2,(H3,16,17,21)/t10-,11+/m1/s1. The van der Waals surface area contributed by atoms with Gasteiger partial charge in [0.2, 0.25) is 12.7 Å². The van der Waals surface area contributed by atoms with E-state index in [0.717, 1.165) is 5.56 Å². The molecule has 0 spiro atoms. The first-order valence-electron chi connectivity index (χ1n) is 7.43. The summed E-state index contributed by atoms with van der Waals surface area (Å²) in [5.74, 6) is 1.05. The molecule has 0 saturated carbocycles. The number of hydrogen-bond donors (Lipinski definition) is 3. The molecule has 1 saturated heterocycles. The molecule has 0 aliphatic carbocycles. The van der Waals surface area contributed by atoms with E-state index in [1.54, 1.807) is 0 Å². The lowest BCUT2D eigenvalue weighted by Gasteiger charge is -2.36. The molecule has 2 atom stereocenters. The molecule has 0 bridgehead atoms. The summed E-state index contributed by atoms with van der Waals surface area (Å²) >= 11 is 0. The van der Waals surface area contributed by atoms with E-state index in [1.807, 2.05) is 18.2 Å². The summed E-state index contributed by atoms with van der Waals surface area (Å²) in [5, 5.41) is 12.7. The van der Waals surface area contributed by atoms with Crippen molar-refractivity contribution < 1.29 is 24.2 Å². The zero-order chi connectivity index (χ0) is 16.4. The van der Waals surface area contributed by atoms with Crippen molar-refractivity contribution in [1.29, 1.82) is 0 Å². The van der Waals surface area contributed by atoms with Gasteiger partial charge in [-0.2, -0.15) is 0 Å². The van der Waals surface area contributed by atoms with Gasteiger partial charge in [0.25, 0.3) is 0 Å². The van der Waals surface area contributed by atoms with Crippen LogP contribution >= 0.6 is 0 Å². The molecule has 1 fully saturated rings. The number of piperidine rings is 1. The molecule has 8 heteroatoms. The van der Waals surface area contributed by atoms with Gasteiger partial charge in [0, 0.05) is 19.0 Å². The number of benzene rings is 1. The summed E-state index contributed by atoms with van der Waals surface area (Å²) < 4.78 is 10.6. The van der Waals surface area contributed by atoms with Crippen LogP contribution in [0.1, 0.15) is 17.9 Å². The number of aliphatic hydroxyl groups is 1. The molecule has 2 aliphatic rings. The first kappa shape index (κ1) is 15.4. The maximum atomic E-state index is 12.0. The van der Waals surface area contributed by atoms with E-state index in [2.05, 4.69) is 5.32 Å². The second kappa shape index (κ2) is 6.33. The Morgan fingerprint density at radius 3 is 2.87 bits per heavy atom. The summed E-state index contributed by atoms with van der Waals surface area (Å²) in [6.07, 6.45) is -0.0509. The Morgan fingerprint density at radius 1 is 1.35 bits per heavy atom. The van der Waals surface area contributed by atoms with E-state index >= 15 is 0 Å². The molecular formula is C15H19N3O5. The number of ether oxygens (including phenoxy) is 2. The summed E-state index contributed by atoms with van der Waals surface area (Å²) in [6, 6.07) is 4.88. The van der Waals surface area contributed by atoms with Gasteiger partial charge in [-0.15, -0.1) is 0 Å². The molecule has 1 aromatic carbocycles. The SMILES string of the molecule is NC(=O)NCC(=O)N1CC[C@H](c2ccc3c(c2)OCO3)[C@@H](O)C1. The number of β-amino-alcohol motifs (C(OH)–C–C–N with tert-alkyl or cyclic N) is 1. The summed E-state index contributed by atoms with van der Waals surface area (Å²) in [6.45, 7) is 0.783. The van der Waals surface area contributed by atoms with Crippen molar-refractivity contribution in [2.24, 2.45) is 5.73 Å². The number of rotatable bonds is 3. The maximum absolute atomic E-state index is 12.0. The third-order valence-corrected chi connectivity index (χ3v) is 4.17. The predicted molar refractivity (Wildman–Crippen MR) is 80.1 cm³/mol. The monoisotopic (exact) mass is 321 g/mol. The van der Waals surface area contributed by atoms with Gasteiger partial charge in [-0.3, -0.25) is 4.79 Å². The number of urea groups is 1. The number of primary amides is 1. The molecule has 1 aromatic rings. The molecule has 124 valence electrons. The van der Waals surface area contributed by atoms with Crippen LogP contribution in [0.25, 0.3) is 0 Å². The van der Waals surface area contributed by atoms with Crippen LogP contribution in [-0.4, -0.2) is 54.5 Å². The van der Waals surface area contributed by atoms with E-state index in [4.69, 9.17) is 15.2 Å². The average molecular weight is 321 g/mol. The number of carbonyl (C=O) groups is 2. The second-order valence-electron chi connectivity index (χ2n) is 5.63. The van der Waals surface area contributed by atoms with Crippen molar-refractivity contribution in [1.82, 2.24) is 10.2 Å². The van der Waals surface area contributed by atoms with E-state index < -0.39 is 12.1 Å². The normalized spacial score (nSPS) is 22.7. The number of nitrogens with zero attached hydrogens (tertiary/aromatic N) is 1. The molecule has 2 aliphatic heterocycles. The molecular weight excluding hydrogens is 302 g/mol. The zero-order valence-corrected chi connectivity index (χ0v) is 12.5. The van der Waals surface area contributed by atoms with Crippen LogP contribution in [0.5, 0.6) is 11.5 Å². The summed E-state index contributed by atoms with van der Waals surface area (Å²) in [5.41, 5.74) is 5.91. The Kier molecular flexibility index (Phi) is 4.24. The predicted octanol–water partition coefficient (Wildman–Crippen LogP) is -0.240. The third-order valence-electron chi connectivity index (χ3n) is 4.17.